The standard InChI is InChI=1S/C30H34N8O/c1-6-27(39)33-24-18-20(12-13-26(24)38(7-2)17-16-36(3)4)32-30-34-28(22-14-15-31-29(22)35-30)23-19-37(5)25-11-9-8-10-21(23)25/h6,8-15,18-19H,1,7,16-17H2,2-5H3,(H,33,39)(H2,31,32,34,35). The molecule has 0 spiro atoms. The average molecular weight is 523 g/mol. The van der Waals surface area contributed by atoms with E-state index in [-0.39, 0.29) is 5.91 Å². The molecular formula is C30H34N8O. The molecule has 5 rings (SSSR count). The molecule has 0 bridgehead atoms. The molecule has 0 unspecified atom stereocenters. The van der Waals surface area contributed by atoms with Crippen molar-refractivity contribution in [2.45, 2.75) is 6.92 Å². The number of nitrogens with zero attached hydrogens (tertiary/aromatic N) is 5. The highest BCUT2D eigenvalue weighted by molar-refractivity contribution is 6.03. The van der Waals surface area contributed by atoms with Crippen LogP contribution in [0.1, 0.15) is 6.92 Å². The van der Waals surface area contributed by atoms with Gasteiger partial charge in [0.1, 0.15) is 5.65 Å². The molecular weight excluding hydrogens is 488 g/mol. The third-order valence-corrected chi connectivity index (χ3v) is 6.80. The van der Waals surface area contributed by atoms with Crippen molar-refractivity contribution in [3.05, 3.63) is 73.6 Å². The molecule has 0 aliphatic rings. The molecule has 0 aliphatic carbocycles. The van der Waals surface area contributed by atoms with Crippen LogP contribution in [0.2, 0.25) is 0 Å². The Kier molecular flexibility index (Phi) is 7.33. The number of rotatable bonds is 10. The van der Waals surface area contributed by atoms with Gasteiger partial charge < -0.3 is 30.0 Å². The van der Waals surface area contributed by atoms with E-state index in [0.717, 1.165) is 64.2 Å². The molecule has 0 atom stereocenters. The normalized spacial score (nSPS) is 11.3. The summed E-state index contributed by atoms with van der Waals surface area (Å²) in [5.41, 5.74) is 6.16. The van der Waals surface area contributed by atoms with E-state index in [4.69, 9.17) is 9.97 Å². The first-order valence-corrected chi connectivity index (χ1v) is 13.0. The molecule has 3 N–H and O–H groups in total. The lowest BCUT2D eigenvalue weighted by molar-refractivity contribution is -0.111. The molecule has 0 saturated heterocycles. The van der Waals surface area contributed by atoms with E-state index in [2.05, 4.69) is 75.9 Å². The van der Waals surface area contributed by atoms with Gasteiger partial charge in [-0.25, -0.2) is 4.98 Å². The van der Waals surface area contributed by atoms with Crippen LogP contribution in [0.15, 0.2) is 73.6 Å². The Labute approximate surface area is 228 Å². The molecule has 0 saturated carbocycles. The maximum Gasteiger partial charge on any atom is 0.247 e. The molecule has 200 valence electrons. The zero-order valence-corrected chi connectivity index (χ0v) is 22.8. The fourth-order valence-electron chi connectivity index (χ4n) is 4.80. The van der Waals surface area contributed by atoms with Crippen molar-refractivity contribution >= 4 is 50.9 Å². The molecule has 0 aliphatic heterocycles. The van der Waals surface area contributed by atoms with Gasteiger partial charge in [-0.2, -0.15) is 4.98 Å². The highest BCUT2D eigenvalue weighted by Gasteiger charge is 2.17. The Hall–Kier alpha value is -4.63. The van der Waals surface area contributed by atoms with Crippen molar-refractivity contribution in [1.82, 2.24) is 24.4 Å². The van der Waals surface area contributed by atoms with Gasteiger partial charge in [-0.05, 0) is 57.4 Å². The number of fused-ring (bicyclic) bond motifs is 2. The van der Waals surface area contributed by atoms with Crippen LogP contribution in [-0.2, 0) is 11.8 Å². The fourth-order valence-corrected chi connectivity index (χ4v) is 4.80. The summed E-state index contributed by atoms with van der Waals surface area (Å²) < 4.78 is 2.11. The second-order valence-corrected chi connectivity index (χ2v) is 9.74. The van der Waals surface area contributed by atoms with Crippen LogP contribution in [0.5, 0.6) is 0 Å². The molecule has 9 nitrogen and oxygen atoms in total. The number of aryl methyl sites for hydroxylation is 1. The second kappa shape index (κ2) is 11.0. The van der Waals surface area contributed by atoms with Crippen LogP contribution < -0.4 is 15.5 Å². The highest BCUT2D eigenvalue weighted by Crippen LogP contribution is 2.35. The number of hydrogen-bond donors (Lipinski definition) is 3. The van der Waals surface area contributed by atoms with Crippen molar-refractivity contribution in [2.24, 2.45) is 7.05 Å². The van der Waals surface area contributed by atoms with E-state index in [1.165, 1.54) is 6.08 Å². The minimum absolute atomic E-state index is 0.264. The first-order valence-electron chi connectivity index (χ1n) is 13.0. The summed E-state index contributed by atoms with van der Waals surface area (Å²) in [5, 5.41) is 8.41. The minimum atomic E-state index is -0.264. The number of benzene rings is 2. The van der Waals surface area contributed by atoms with Gasteiger partial charge in [-0.3, -0.25) is 4.79 Å². The zero-order valence-electron chi connectivity index (χ0n) is 22.8. The van der Waals surface area contributed by atoms with Gasteiger partial charge in [0.05, 0.1) is 17.1 Å². The monoisotopic (exact) mass is 522 g/mol. The number of aromatic amines is 1. The Bertz CT molecular complexity index is 1650. The van der Waals surface area contributed by atoms with Crippen LogP contribution in [0.4, 0.5) is 23.0 Å². The van der Waals surface area contributed by atoms with Gasteiger partial charge in [-0.1, -0.05) is 24.8 Å². The van der Waals surface area contributed by atoms with Crippen molar-refractivity contribution in [3.8, 4) is 11.3 Å². The van der Waals surface area contributed by atoms with Crippen LogP contribution in [-0.4, -0.2) is 64.1 Å². The number of aromatic nitrogens is 4. The Morgan fingerprint density at radius 1 is 1.10 bits per heavy atom. The van der Waals surface area contributed by atoms with Crippen molar-refractivity contribution < 1.29 is 4.79 Å². The van der Waals surface area contributed by atoms with E-state index in [1.54, 1.807) is 0 Å². The lowest BCUT2D eigenvalue weighted by Gasteiger charge is -2.27. The lowest BCUT2D eigenvalue weighted by atomic mass is 10.1. The van der Waals surface area contributed by atoms with E-state index in [9.17, 15) is 4.79 Å². The SMILES string of the molecule is C=CC(=O)Nc1cc(Nc2nc(-c3cn(C)c4ccccc34)c3cc[nH]c3n2)ccc1N(CC)CCN(C)C. The third kappa shape index (κ3) is 5.35. The Morgan fingerprint density at radius 2 is 1.92 bits per heavy atom. The summed E-state index contributed by atoms with van der Waals surface area (Å²) in [6.07, 6.45) is 5.26. The smallest absolute Gasteiger partial charge is 0.247 e. The van der Waals surface area contributed by atoms with Crippen LogP contribution in [0.25, 0.3) is 33.2 Å². The molecule has 9 heteroatoms. The second-order valence-electron chi connectivity index (χ2n) is 9.74. The number of anilines is 4. The molecule has 2 aromatic carbocycles. The molecule has 3 aromatic heterocycles. The number of hydrogen-bond acceptors (Lipinski definition) is 6. The van der Waals surface area contributed by atoms with Crippen LogP contribution in [0, 0.1) is 0 Å². The van der Waals surface area contributed by atoms with E-state index >= 15 is 0 Å². The van der Waals surface area contributed by atoms with Crippen molar-refractivity contribution in [3.63, 3.8) is 0 Å². The lowest BCUT2D eigenvalue weighted by Crippen LogP contribution is -2.32. The predicted molar refractivity (Wildman–Crippen MR) is 161 cm³/mol. The maximum absolute atomic E-state index is 12.3. The Balaban J connectivity index is 1.54. The predicted octanol–water partition coefficient (Wildman–Crippen LogP) is 5.37. The van der Waals surface area contributed by atoms with E-state index < -0.39 is 0 Å². The number of amides is 1. The number of likely N-dealkylation sites (N-methyl/N-ethyl adjacent to an activating group) is 2. The van der Waals surface area contributed by atoms with Gasteiger partial charge in [0.15, 0.2) is 0 Å². The number of carbonyl (C=O) groups is 1. The molecule has 0 fully saturated rings. The quantitative estimate of drug-likeness (QED) is 0.214. The molecule has 5 aromatic rings. The van der Waals surface area contributed by atoms with E-state index in [1.807, 2.05) is 49.6 Å². The Morgan fingerprint density at radius 3 is 2.69 bits per heavy atom. The summed E-state index contributed by atoms with van der Waals surface area (Å²) in [4.78, 5) is 29.6. The molecule has 0 radical (unpaired) electrons. The summed E-state index contributed by atoms with van der Waals surface area (Å²) in [5.74, 6) is 0.195. The topological polar surface area (TPSA) is 94.1 Å². The summed E-state index contributed by atoms with van der Waals surface area (Å²) in [6, 6.07) is 16.2. The number of H-pyrrole nitrogens is 1. The minimum Gasteiger partial charge on any atom is -0.369 e. The first kappa shape index (κ1) is 26.0. The zero-order chi connectivity index (χ0) is 27.5. The van der Waals surface area contributed by atoms with Gasteiger partial charge in [0.2, 0.25) is 11.9 Å². The van der Waals surface area contributed by atoms with Crippen LogP contribution in [0.3, 0.4) is 0 Å². The van der Waals surface area contributed by atoms with Gasteiger partial charge >= 0.3 is 0 Å². The van der Waals surface area contributed by atoms with Gasteiger partial charge in [0.25, 0.3) is 0 Å². The van der Waals surface area contributed by atoms with Crippen molar-refractivity contribution in [1.29, 1.82) is 0 Å². The molecule has 39 heavy (non-hydrogen) atoms. The maximum atomic E-state index is 12.3. The summed E-state index contributed by atoms with van der Waals surface area (Å²) in [6.45, 7) is 8.24. The fraction of sp³-hybridized carbons (Fsp3) is 0.233. The summed E-state index contributed by atoms with van der Waals surface area (Å²) >= 11 is 0. The number of nitrogens with one attached hydrogen (secondary N) is 3. The largest absolute Gasteiger partial charge is 0.369 e. The third-order valence-electron chi connectivity index (χ3n) is 6.80. The number of para-hydroxylation sites is 1. The van der Waals surface area contributed by atoms with E-state index in [0.29, 0.717) is 11.6 Å². The number of carbonyl (C=O) groups excluding carboxylic acids is 1. The molecule has 1 amide bonds. The average Bonchev–Trinajstić information content (AvgIpc) is 3.54. The van der Waals surface area contributed by atoms with Gasteiger partial charge in [-0.15, -0.1) is 0 Å². The highest BCUT2D eigenvalue weighted by atomic mass is 16.1. The van der Waals surface area contributed by atoms with Gasteiger partial charge in [0, 0.05) is 66.6 Å². The first-order chi connectivity index (χ1) is 18.9. The summed E-state index contributed by atoms with van der Waals surface area (Å²) in [7, 11) is 6.14. The van der Waals surface area contributed by atoms with Crippen LogP contribution >= 0.6 is 0 Å². The van der Waals surface area contributed by atoms with Crippen molar-refractivity contribution in [2.75, 3.05) is 49.3 Å². The molecule has 3 heterocycles.